The highest BCUT2D eigenvalue weighted by atomic mass is 16.6. The SMILES string of the molecule is COC(=O)[C@@]12OC[C@]34C([C@@H](O)[C@@H]1O)[C@@]1(C)CC(=O)C(O)=C(C)[C@@H]1C[C@H]3OC(=O)[C@H](OC(C)=O)C42. The van der Waals surface area contributed by atoms with E-state index >= 15 is 0 Å². The van der Waals surface area contributed by atoms with Crippen LogP contribution in [-0.2, 0) is 38.1 Å². The molecule has 10 atom stereocenters. The molecule has 3 N–H and O–H groups in total. The molecular weight excluding hydrogens is 452 g/mol. The van der Waals surface area contributed by atoms with Crippen LogP contribution in [0, 0.1) is 28.6 Å². The number of esters is 3. The van der Waals surface area contributed by atoms with Crippen LogP contribution in [0.5, 0.6) is 0 Å². The molecule has 0 aromatic rings. The number of hydrogen-bond donors (Lipinski definition) is 3. The maximum Gasteiger partial charge on any atom is 0.348 e. The van der Waals surface area contributed by atoms with Crippen molar-refractivity contribution in [2.24, 2.45) is 28.6 Å². The van der Waals surface area contributed by atoms with Gasteiger partial charge in [-0.3, -0.25) is 9.59 Å². The first-order valence-corrected chi connectivity index (χ1v) is 11.3. The van der Waals surface area contributed by atoms with Crippen molar-refractivity contribution < 1.29 is 53.4 Å². The van der Waals surface area contributed by atoms with E-state index in [1.165, 1.54) is 0 Å². The lowest BCUT2D eigenvalue weighted by molar-refractivity contribution is -0.290. The predicted octanol–water partition coefficient (Wildman–Crippen LogP) is -0.429. The lowest BCUT2D eigenvalue weighted by Gasteiger charge is -2.67. The topological polar surface area (TPSA) is 166 Å². The van der Waals surface area contributed by atoms with E-state index in [0.717, 1.165) is 14.0 Å². The van der Waals surface area contributed by atoms with Crippen LogP contribution in [0.2, 0.25) is 0 Å². The molecule has 4 fully saturated rings. The molecule has 11 nitrogen and oxygen atoms in total. The van der Waals surface area contributed by atoms with E-state index in [9.17, 15) is 34.5 Å². The first kappa shape index (κ1) is 23.3. The Balaban J connectivity index is 1.78. The third kappa shape index (κ3) is 2.42. The zero-order valence-electron chi connectivity index (χ0n) is 19.3. The van der Waals surface area contributed by atoms with Crippen LogP contribution in [0.1, 0.15) is 33.6 Å². The van der Waals surface area contributed by atoms with E-state index in [1.807, 2.05) is 0 Å². The monoisotopic (exact) mass is 480 g/mol. The van der Waals surface area contributed by atoms with Crippen molar-refractivity contribution in [3.63, 3.8) is 0 Å². The molecule has 0 aromatic carbocycles. The molecule has 1 spiro atoms. The van der Waals surface area contributed by atoms with Gasteiger partial charge in [-0.15, -0.1) is 0 Å². The summed E-state index contributed by atoms with van der Waals surface area (Å²) >= 11 is 0. The minimum atomic E-state index is -2.18. The fraction of sp³-hybridized carbons (Fsp3) is 0.739. The number of allylic oxidation sites excluding steroid dienone is 2. The second-order valence-electron chi connectivity index (χ2n) is 10.5. The average molecular weight is 480 g/mol. The largest absolute Gasteiger partial charge is 0.504 e. The number of Topliss-reactive ketones (excluding diaryl/α,β-unsaturated/α-hetero) is 1. The van der Waals surface area contributed by atoms with Gasteiger partial charge < -0.3 is 34.3 Å². The van der Waals surface area contributed by atoms with Crippen molar-refractivity contribution in [2.45, 2.75) is 63.6 Å². The number of ketones is 1. The Bertz CT molecular complexity index is 1030. The summed E-state index contributed by atoms with van der Waals surface area (Å²) in [7, 11) is 1.09. The molecule has 5 rings (SSSR count). The second kappa shape index (κ2) is 7.02. The number of carbonyl (C=O) groups is 4. The predicted molar refractivity (Wildman–Crippen MR) is 109 cm³/mol. The minimum Gasteiger partial charge on any atom is -0.504 e. The van der Waals surface area contributed by atoms with Crippen molar-refractivity contribution in [3.05, 3.63) is 11.3 Å². The van der Waals surface area contributed by atoms with Gasteiger partial charge in [0.05, 0.1) is 25.7 Å². The molecule has 2 saturated heterocycles. The molecule has 0 aromatic heterocycles. The highest BCUT2D eigenvalue weighted by Gasteiger charge is 2.85. The quantitative estimate of drug-likeness (QED) is 0.347. The molecule has 5 aliphatic rings. The summed E-state index contributed by atoms with van der Waals surface area (Å²) in [5.41, 5.74) is -4.02. The zero-order chi connectivity index (χ0) is 25.0. The van der Waals surface area contributed by atoms with E-state index in [1.54, 1.807) is 13.8 Å². The molecule has 0 radical (unpaired) electrons. The van der Waals surface area contributed by atoms with Gasteiger partial charge in [0.2, 0.25) is 11.7 Å². The van der Waals surface area contributed by atoms with Gasteiger partial charge in [-0.05, 0) is 30.3 Å². The number of aliphatic hydroxyl groups excluding tert-OH is 3. The highest BCUT2D eigenvalue weighted by Crippen LogP contribution is 2.72. The molecule has 34 heavy (non-hydrogen) atoms. The van der Waals surface area contributed by atoms with E-state index in [0.29, 0.717) is 5.57 Å². The summed E-state index contributed by atoms with van der Waals surface area (Å²) in [6, 6.07) is 0. The van der Waals surface area contributed by atoms with Crippen molar-refractivity contribution in [3.8, 4) is 0 Å². The number of methoxy groups -OCH3 is 1. The van der Waals surface area contributed by atoms with Crippen molar-refractivity contribution in [1.29, 1.82) is 0 Å². The summed E-state index contributed by atoms with van der Waals surface area (Å²) in [6.07, 6.45) is -5.85. The number of carbonyl (C=O) groups excluding carboxylic acids is 4. The molecule has 2 saturated carbocycles. The molecule has 2 unspecified atom stereocenters. The molecule has 186 valence electrons. The van der Waals surface area contributed by atoms with E-state index in [4.69, 9.17) is 18.9 Å². The first-order chi connectivity index (χ1) is 15.9. The smallest absolute Gasteiger partial charge is 0.348 e. The standard InChI is InChI=1S/C23H28O11/c1-8-10-5-12-22-7-32-23(20(30)31-4,17(22)15(19(29)34-12)33-9(2)24)18(28)14(27)16(22)21(10,3)6-11(25)13(8)26/h10,12,14-18,26-28H,5-7H2,1-4H3/t10-,12+,14+,15+,16?,17?,18-,21-,22+,23-/m0/s1. The zero-order valence-corrected chi connectivity index (χ0v) is 19.3. The summed E-state index contributed by atoms with van der Waals surface area (Å²) in [4.78, 5) is 50.9. The lowest BCUT2D eigenvalue weighted by atomic mass is 9.38. The Morgan fingerprint density at radius 2 is 1.85 bits per heavy atom. The second-order valence-corrected chi connectivity index (χ2v) is 10.5. The van der Waals surface area contributed by atoms with Gasteiger partial charge >= 0.3 is 17.9 Å². The summed E-state index contributed by atoms with van der Waals surface area (Å²) in [5.74, 6) is -6.15. The van der Waals surface area contributed by atoms with Gasteiger partial charge in [0.15, 0.2) is 11.5 Å². The number of hydrogen-bond acceptors (Lipinski definition) is 11. The molecule has 11 heteroatoms. The minimum absolute atomic E-state index is 0.131. The Morgan fingerprint density at radius 1 is 1.18 bits per heavy atom. The van der Waals surface area contributed by atoms with Gasteiger partial charge in [-0.25, -0.2) is 9.59 Å². The Labute approximate surface area is 195 Å². The van der Waals surface area contributed by atoms with Gasteiger partial charge in [0, 0.05) is 24.7 Å². The summed E-state index contributed by atoms with van der Waals surface area (Å²) in [5, 5.41) is 33.3. The molecule has 0 amide bonds. The first-order valence-electron chi connectivity index (χ1n) is 11.3. The number of aliphatic hydroxyl groups is 3. The number of fused-ring (bicyclic) bond motifs is 2. The van der Waals surface area contributed by atoms with Crippen LogP contribution in [0.25, 0.3) is 0 Å². The lowest BCUT2D eigenvalue weighted by Crippen LogP contribution is -2.79. The van der Waals surface area contributed by atoms with Crippen LogP contribution in [0.15, 0.2) is 11.3 Å². The maximum absolute atomic E-state index is 13.1. The summed E-state index contributed by atoms with van der Waals surface area (Å²) in [6.45, 7) is 4.30. The Morgan fingerprint density at radius 3 is 2.47 bits per heavy atom. The van der Waals surface area contributed by atoms with Crippen LogP contribution >= 0.6 is 0 Å². The summed E-state index contributed by atoms with van der Waals surface area (Å²) < 4.78 is 22.0. The van der Waals surface area contributed by atoms with Gasteiger partial charge in [0.25, 0.3) is 0 Å². The third-order valence-corrected chi connectivity index (χ3v) is 9.13. The van der Waals surface area contributed by atoms with E-state index < -0.39 is 82.3 Å². The number of ether oxygens (including phenoxy) is 4. The van der Waals surface area contributed by atoms with Crippen LogP contribution in [-0.4, -0.2) is 82.7 Å². The molecular formula is C23H28O11. The highest BCUT2D eigenvalue weighted by molar-refractivity contribution is 5.95. The fourth-order valence-corrected chi connectivity index (χ4v) is 8.03. The van der Waals surface area contributed by atoms with Gasteiger partial charge in [-0.1, -0.05) is 6.92 Å². The third-order valence-electron chi connectivity index (χ3n) is 9.13. The van der Waals surface area contributed by atoms with Crippen LogP contribution in [0.3, 0.4) is 0 Å². The van der Waals surface area contributed by atoms with Crippen molar-refractivity contribution >= 4 is 23.7 Å². The normalized spacial score (nSPS) is 49.1. The van der Waals surface area contributed by atoms with Gasteiger partial charge in [0.1, 0.15) is 12.2 Å². The molecule has 2 heterocycles. The van der Waals surface area contributed by atoms with E-state index in [2.05, 4.69) is 0 Å². The van der Waals surface area contributed by atoms with Crippen molar-refractivity contribution in [2.75, 3.05) is 13.7 Å². The Kier molecular flexibility index (Phi) is 4.80. The van der Waals surface area contributed by atoms with Crippen LogP contribution < -0.4 is 0 Å². The number of rotatable bonds is 2. The van der Waals surface area contributed by atoms with Gasteiger partial charge in [-0.2, -0.15) is 0 Å². The molecule has 3 aliphatic carbocycles. The molecule has 2 bridgehead atoms. The Hall–Kier alpha value is -2.50. The van der Waals surface area contributed by atoms with E-state index in [-0.39, 0.29) is 25.2 Å². The maximum atomic E-state index is 13.1. The molecule has 2 aliphatic heterocycles. The van der Waals surface area contributed by atoms with Crippen LogP contribution in [0.4, 0.5) is 0 Å². The fourth-order valence-electron chi connectivity index (χ4n) is 8.03. The van der Waals surface area contributed by atoms with Crippen molar-refractivity contribution in [1.82, 2.24) is 0 Å². The average Bonchev–Trinajstić information content (AvgIpc) is 3.08.